The molecule has 0 unspecified atom stereocenters. The lowest BCUT2D eigenvalue weighted by molar-refractivity contribution is -0.130. The van der Waals surface area contributed by atoms with E-state index in [9.17, 15) is 14.4 Å². The van der Waals surface area contributed by atoms with Crippen LogP contribution >= 0.6 is 0 Å². The molecular weight excluding hydrogens is 298 g/mol. The van der Waals surface area contributed by atoms with Gasteiger partial charge in [0, 0.05) is 6.54 Å². The molecule has 7 nitrogen and oxygen atoms in total. The molecule has 2 atom stereocenters. The van der Waals surface area contributed by atoms with E-state index in [1.165, 1.54) is 6.08 Å². The quantitative estimate of drug-likeness (QED) is 0.540. The average Bonchev–Trinajstić information content (AvgIpc) is 2.55. The van der Waals surface area contributed by atoms with E-state index in [4.69, 9.17) is 5.11 Å². The van der Waals surface area contributed by atoms with Crippen molar-refractivity contribution in [3.8, 4) is 0 Å². The summed E-state index contributed by atoms with van der Waals surface area (Å²) in [5.41, 5.74) is 0.604. The minimum absolute atomic E-state index is 0.266. The maximum absolute atomic E-state index is 12.3. The molecule has 0 saturated heterocycles. The standard InChI is InChI=1S/C16H21N3O4/c1-3-10-17-15(21)13(11-8-6-5-7-9-11)19-14(20)12(4-2)18-16(22)23/h3,5-9,12-13,18H,1,4,10H2,2H3,(H,17,21)(H,19,20)(H,22,23)/t12-,13+/m0/s1. The molecule has 7 heteroatoms. The Morgan fingerprint density at radius 3 is 2.35 bits per heavy atom. The molecule has 0 aliphatic heterocycles. The molecule has 124 valence electrons. The van der Waals surface area contributed by atoms with Gasteiger partial charge < -0.3 is 21.1 Å². The number of hydrogen-bond acceptors (Lipinski definition) is 3. The molecule has 4 N–H and O–H groups in total. The largest absolute Gasteiger partial charge is 0.465 e. The first-order valence-electron chi connectivity index (χ1n) is 7.23. The number of carbonyl (C=O) groups is 3. The number of rotatable bonds is 8. The van der Waals surface area contributed by atoms with E-state index in [0.717, 1.165) is 0 Å². The van der Waals surface area contributed by atoms with Crippen LogP contribution in [-0.2, 0) is 9.59 Å². The number of nitrogens with one attached hydrogen (secondary N) is 3. The zero-order valence-corrected chi connectivity index (χ0v) is 12.9. The van der Waals surface area contributed by atoms with Gasteiger partial charge >= 0.3 is 6.09 Å². The summed E-state index contributed by atoms with van der Waals surface area (Å²) in [6.45, 7) is 5.47. The number of carboxylic acid groups (broad SMARTS) is 1. The Labute approximate surface area is 134 Å². The van der Waals surface area contributed by atoms with Crippen LogP contribution in [-0.4, -0.2) is 35.6 Å². The summed E-state index contributed by atoms with van der Waals surface area (Å²) in [7, 11) is 0. The summed E-state index contributed by atoms with van der Waals surface area (Å²) in [5, 5.41) is 16.1. The third-order valence-electron chi connectivity index (χ3n) is 3.12. The summed E-state index contributed by atoms with van der Waals surface area (Å²) >= 11 is 0. The van der Waals surface area contributed by atoms with Crippen molar-refractivity contribution in [1.29, 1.82) is 0 Å². The summed E-state index contributed by atoms with van der Waals surface area (Å²) in [4.78, 5) is 35.2. The predicted molar refractivity (Wildman–Crippen MR) is 85.8 cm³/mol. The van der Waals surface area contributed by atoms with Crippen LogP contribution in [0.3, 0.4) is 0 Å². The lowest BCUT2D eigenvalue weighted by Crippen LogP contribution is -2.49. The van der Waals surface area contributed by atoms with Gasteiger partial charge in [-0.15, -0.1) is 6.58 Å². The van der Waals surface area contributed by atoms with E-state index in [1.54, 1.807) is 37.3 Å². The lowest BCUT2D eigenvalue weighted by atomic mass is 10.1. The molecule has 0 heterocycles. The van der Waals surface area contributed by atoms with Crippen LogP contribution < -0.4 is 16.0 Å². The van der Waals surface area contributed by atoms with Gasteiger partial charge in [-0.2, -0.15) is 0 Å². The first-order valence-corrected chi connectivity index (χ1v) is 7.23. The van der Waals surface area contributed by atoms with Crippen molar-refractivity contribution in [2.24, 2.45) is 0 Å². The highest BCUT2D eigenvalue weighted by Crippen LogP contribution is 2.13. The fraction of sp³-hybridized carbons (Fsp3) is 0.312. The van der Waals surface area contributed by atoms with Gasteiger partial charge in [0.05, 0.1) is 0 Å². The lowest BCUT2D eigenvalue weighted by Gasteiger charge is -2.22. The first-order chi connectivity index (χ1) is 11.0. The molecule has 0 saturated carbocycles. The Kier molecular flexibility index (Phi) is 7.32. The predicted octanol–water partition coefficient (Wildman–Crippen LogP) is 1.19. The number of benzene rings is 1. The van der Waals surface area contributed by atoms with E-state index < -0.39 is 30.0 Å². The highest BCUT2D eigenvalue weighted by atomic mass is 16.4. The second kappa shape index (κ2) is 9.24. The third-order valence-corrected chi connectivity index (χ3v) is 3.12. The van der Waals surface area contributed by atoms with E-state index in [2.05, 4.69) is 22.5 Å². The van der Waals surface area contributed by atoms with Crippen molar-refractivity contribution < 1.29 is 19.5 Å². The number of hydrogen-bond donors (Lipinski definition) is 4. The summed E-state index contributed by atoms with van der Waals surface area (Å²) in [5.74, 6) is -0.952. The molecule has 0 spiro atoms. The monoisotopic (exact) mass is 319 g/mol. The Morgan fingerprint density at radius 1 is 1.17 bits per heavy atom. The van der Waals surface area contributed by atoms with Crippen LogP contribution in [0.25, 0.3) is 0 Å². The Morgan fingerprint density at radius 2 is 1.83 bits per heavy atom. The van der Waals surface area contributed by atoms with Crippen molar-refractivity contribution in [2.45, 2.75) is 25.4 Å². The molecule has 3 amide bonds. The van der Waals surface area contributed by atoms with Crippen molar-refractivity contribution in [3.63, 3.8) is 0 Å². The normalized spacial score (nSPS) is 12.6. The topological polar surface area (TPSA) is 108 Å². The zero-order chi connectivity index (χ0) is 17.2. The van der Waals surface area contributed by atoms with Crippen molar-refractivity contribution >= 4 is 17.9 Å². The average molecular weight is 319 g/mol. The number of amides is 3. The molecule has 1 aromatic rings. The first kappa shape index (κ1) is 18.2. The van der Waals surface area contributed by atoms with Gasteiger partial charge in [0.1, 0.15) is 12.1 Å². The second-order valence-corrected chi connectivity index (χ2v) is 4.80. The van der Waals surface area contributed by atoms with Crippen LogP contribution in [0, 0.1) is 0 Å². The Bertz CT molecular complexity index is 560. The molecule has 0 aliphatic carbocycles. The van der Waals surface area contributed by atoms with Crippen LogP contribution in [0.2, 0.25) is 0 Å². The number of carbonyl (C=O) groups excluding carboxylic acids is 2. The van der Waals surface area contributed by atoms with Gasteiger partial charge in [-0.3, -0.25) is 9.59 Å². The van der Waals surface area contributed by atoms with Gasteiger partial charge in [0.2, 0.25) is 11.8 Å². The maximum atomic E-state index is 12.3. The summed E-state index contributed by atoms with van der Waals surface area (Å²) < 4.78 is 0. The van der Waals surface area contributed by atoms with Crippen LogP contribution in [0.5, 0.6) is 0 Å². The van der Waals surface area contributed by atoms with Crippen molar-refractivity contribution in [2.75, 3.05) is 6.54 Å². The molecule has 1 rings (SSSR count). The van der Waals surface area contributed by atoms with Gasteiger partial charge in [-0.1, -0.05) is 43.3 Å². The van der Waals surface area contributed by atoms with Crippen molar-refractivity contribution in [1.82, 2.24) is 16.0 Å². The maximum Gasteiger partial charge on any atom is 0.405 e. The summed E-state index contributed by atoms with van der Waals surface area (Å²) in [6, 6.07) is 6.89. The minimum Gasteiger partial charge on any atom is -0.465 e. The fourth-order valence-corrected chi connectivity index (χ4v) is 1.97. The Balaban J connectivity index is 2.92. The molecule has 0 aliphatic rings. The smallest absolute Gasteiger partial charge is 0.405 e. The van der Waals surface area contributed by atoms with Gasteiger partial charge in [-0.25, -0.2) is 4.79 Å². The van der Waals surface area contributed by atoms with E-state index in [1.807, 2.05) is 0 Å². The summed E-state index contributed by atoms with van der Waals surface area (Å²) in [6.07, 6.45) is 0.510. The second-order valence-electron chi connectivity index (χ2n) is 4.80. The fourth-order valence-electron chi connectivity index (χ4n) is 1.97. The van der Waals surface area contributed by atoms with Crippen molar-refractivity contribution in [3.05, 3.63) is 48.6 Å². The highest BCUT2D eigenvalue weighted by molar-refractivity contribution is 5.91. The third kappa shape index (κ3) is 5.82. The van der Waals surface area contributed by atoms with Crippen LogP contribution in [0.4, 0.5) is 4.79 Å². The molecule has 23 heavy (non-hydrogen) atoms. The zero-order valence-electron chi connectivity index (χ0n) is 12.9. The van der Waals surface area contributed by atoms with Crippen LogP contribution in [0.1, 0.15) is 24.9 Å². The van der Waals surface area contributed by atoms with Gasteiger partial charge in [0.25, 0.3) is 0 Å². The van der Waals surface area contributed by atoms with E-state index >= 15 is 0 Å². The molecule has 0 bridgehead atoms. The van der Waals surface area contributed by atoms with Gasteiger partial charge in [-0.05, 0) is 12.0 Å². The molecule has 1 aromatic carbocycles. The molecule has 0 aromatic heterocycles. The molecule has 0 fully saturated rings. The Hall–Kier alpha value is -2.83. The van der Waals surface area contributed by atoms with Gasteiger partial charge in [0.15, 0.2) is 0 Å². The highest BCUT2D eigenvalue weighted by Gasteiger charge is 2.26. The minimum atomic E-state index is -1.29. The SMILES string of the molecule is C=CCNC(=O)[C@H](NC(=O)[C@H](CC)NC(=O)O)c1ccccc1. The van der Waals surface area contributed by atoms with E-state index in [-0.39, 0.29) is 13.0 Å². The van der Waals surface area contributed by atoms with Crippen LogP contribution in [0.15, 0.2) is 43.0 Å². The van der Waals surface area contributed by atoms with E-state index in [0.29, 0.717) is 5.56 Å². The molecule has 0 radical (unpaired) electrons. The molecular formula is C16H21N3O4.